The quantitative estimate of drug-likeness (QED) is 0.684. The van der Waals surface area contributed by atoms with Crippen molar-refractivity contribution in [3.05, 3.63) is 35.7 Å². The van der Waals surface area contributed by atoms with Crippen molar-refractivity contribution in [1.29, 1.82) is 0 Å². The first kappa shape index (κ1) is 23.4. The number of carbonyl (C=O) groups is 1. The zero-order valence-electron chi connectivity index (χ0n) is 17.9. The number of pyridine rings is 1. The number of hydrogen-bond acceptors (Lipinski definition) is 5. The molecule has 8 nitrogen and oxygen atoms in total. The number of anilines is 2. The zero-order valence-corrected chi connectivity index (χ0v) is 17.9. The molecule has 32 heavy (non-hydrogen) atoms. The lowest BCUT2D eigenvalue weighted by atomic mass is 10.2. The predicted octanol–water partition coefficient (Wildman–Crippen LogP) is 3.21. The third kappa shape index (κ3) is 5.91. The molecular weight excluding hydrogens is 425 g/mol. The molecule has 2 aromatic rings. The maximum Gasteiger partial charge on any atom is 0.416 e. The number of nitrogens with zero attached hydrogens (tertiary/aromatic N) is 5. The van der Waals surface area contributed by atoms with Crippen molar-refractivity contribution in [2.24, 2.45) is 0 Å². The van der Waals surface area contributed by atoms with Crippen LogP contribution in [0.3, 0.4) is 0 Å². The Hall–Kier alpha value is -3.26. The van der Waals surface area contributed by atoms with Crippen LogP contribution in [0.15, 0.2) is 24.5 Å². The summed E-state index contributed by atoms with van der Waals surface area (Å²) in [5.74, 6) is 2.31. The molecule has 2 aromatic heterocycles. The number of aryl methyl sites for hydroxylation is 1. The lowest BCUT2D eigenvalue weighted by Crippen LogP contribution is -2.41. The van der Waals surface area contributed by atoms with Gasteiger partial charge in [-0.1, -0.05) is 5.92 Å². The molecule has 0 aromatic carbocycles. The molecule has 1 atom stereocenters. The van der Waals surface area contributed by atoms with Crippen LogP contribution in [0.1, 0.15) is 25.0 Å². The van der Waals surface area contributed by atoms with Crippen LogP contribution in [0.4, 0.5) is 29.6 Å². The number of terminal acetylenes is 1. The van der Waals surface area contributed by atoms with Gasteiger partial charge in [-0.3, -0.25) is 10.00 Å². The predicted molar refractivity (Wildman–Crippen MR) is 113 cm³/mol. The fraction of sp³-hybridized carbons (Fsp3) is 0.476. The Morgan fingerprint density at radius 1 is 1.44 bits per heavy atom. The van der Waals surface area contributed by atoms with E-state index in [1.165, 1.54) is 4.90 Å². The number of aromatic nitrogens is 3. The van der Waals surface area contributed by atoms with Gasteiger partial charge in [0.1, 0.15) is 11.6 Å². The molecule has 1 saturated heterocycles. The van der Waals surface area contributed by atoms with Gasteiger partial charge in [0.05, 0.1) is 37.6 Å². The van der Waals surface area contributed by atoms with Crippen molar-refractivity contribution in [2.75, 3.05) is 36.5 Å². The monoisotopic (exact) mass is 450 g/mol. The fourth-order valence-electron chi connectivity index (χ4n) is 3.31. The van der Waals surface area contributed by atoms with E-state index in [1.807, 2.05) is 13.8 Å². The van der Waals surface area contributed by atoms with Crippen molar-refractivity contribution < 1.29 is 22.7 Å². The Balaban J connectivity index is 1.83. The number of rotatable bonds is 6. The molecule has 3 heterocycles. The third-order valence-electron chi connectivity index (χ3n) is 4.89. The second-order valence-electron chi connectivity index (χ2n) is 7.42. The van der Waals surface area contributed by atoms with Crippen LogP contribution in [-0.4, -0.2) is 58.0 Å². The Morgan fingerprint density at radius 2 is 2.22 bits per heavy atom. The second kappa shape index (κ2) is 9.91. The highest BCUT2D eigenvalue weighted by Crippen LogP contribution is 2.33. The van der Waals surface area contributed by atoms with Crippen LogP contribution in [-0.2, 0) is 24.0 Å². The number of amides is 2. The standard InChI is InChI=1S/C21H25F3N6O2/c1-4-6-29(13-16-11-25-30(5-2)14-16)20(31)27-18-9-17(21(22,23)24)10-19(26-18)28-7-8-32-15(3)12-28/h1,9-11,14-15H,5-8,12-13H2,2-3H3,(H,26,27,31)/t15-/m1/s1. The second-order valence-corrected chi connectivity index (χ2v) is 7.42. The molecule has 0 aliphatic carbocycles. The summed E-state index contributed by atoms with van der Waals surface area (Å²) in [7, 11) is 0. The Bertz CT molecular complexity index is 985. The van der Waals surface area contributed by atoms with Crippen molar-refractivity contribution in [2.45, 2.75) is 39.2 Å². The molecule has 172 valence electrons. The summed E-state index contributed by atoms with van der Waals surface area (Å²) < 4.78 is 47.7. The molecule has 0 bridgehead atoms. The van der Waals surface area contributed by atoms with Crippen LogP contribution < -0.4 is 10.2 Å². The lowest BCUT2D eigenvalue weighted by Gasteiger charge is -2.32. The summed E-state index contributed by atoms with van der Waals surface area (Å²) in [5, 5.41) is 6.62. The van der Waals surface area contributed by atoms with Gasteiger partial charge in [0.25, 0.3) is 0 Å². The number of hydrogen-bond donors (Lipinski definition) is 1. The maximum atomic E-state index is 13.5. The van der Waals surface area contributed by atoms with Gasteiger partial charge in [-0.05, 0) is 26.0 Å². The van der Waals surface area contributed by atoms with E-state index in [0.29, 0.717) is 26.2 Å². The molecule has 11 heteroatoms. The van der Waals surface area contributed by atoms with Crippen molar-refractivity contribution in [3.63, 3.8) is 0 Å². The largest absolute Gasteiger partial charge is 0.416 e. The van der Waals surface area contributed by atoms with Crippen LogP contribution in [0, 0.1) is 12.3 Å². The van der Waals surface area contributed by atoms with Crippen molar-refractivity contribution in [3.8, 4) is 12.3 Å². The molecule has 1 N–H and O–H groups in total. The SMILES string of the molecule is C#CCN(Cc1cnn(CC)c1)C(=O)Nc1cc(C(F)(F)F)cc(N2CCO[C@H](C)C2)n1. The minimum Gasteiger partial charge on any atom is -0.375 e. The highest BCUT2D eigenvalue weighted by molar-refractivity contribution is 5.88. The molecule has 1 fully saturated rings. The molecule has 0 radical (unpaired) electrons. The average molecular weight is 450 g/mol. The van der Waals surface area contributed by atoms with Gasteiger partial charge in [-0.15, -0.1) is 6.42 Å². The number of morpholine rings is 1. The highest BCUT2D eigenvalue weighted by Gasteiger charge is 2.33. The molecule has 1 aliphatic heterocycles. The molecule has 0 spiro atoms. The molecular formula is C21H25F3N6O2. The molecule has 1 aliphatic rings. The smallest absolute Gasteiger partial charge is 0.375 e. The average Bonchev–Trinajstić information content (AvgIpc) is 3.20. The normalized spacial score (nSPS) is 16.5. The van der Waals surface area contributed by atoms with E-state index in [-0.39, 0.29) is 30.8 Å². The first-order valence-electron chi connectivity index (χ1n) is 10.2. The number of carbonyl (C=O) groups excluding carboxylic acids is 1. The topological polar surface area (TPSA) is 75.5 Å². The summed E-state index contributed by atoms with van der Waals surface area (Å²) in [6.07, 6.45) is 4.03. The van der Waals surface area contributed by atoms with Crippen LogP contribution in [0.2, 0.25) is 0 Å². The van der Waals surface area contributed by atoms with E-state index in [0.717, 1.165) is 17.7 Å². The van der Waals surface area contributed by atoms with E-state index >= 15 is 0 Å². The molecule has 0 saturated carbocycles. The fourth-order valence-corrected chi connectivity index (χ4v) is 3.31. The van der Waals surface area contributed by atoms with E-state index in [9.17, 15) is 18.0 Å². The summed E-state index contributed by atoms with van der Waals surface area (Å²) in [5.41, 5.74) is -0.151. The number of nitrogens with one attached hydrogen (secondary N) is 1. The van der Waals surface area contributed by atoms with Crippen molar-refractivity contribution in [1.82, 2.24) is 19.7 Å². The summed E-state index contributed by atoms with van der Waals surface area (Å²) in [6, 6.07) is 1.14. The van der Waals surface area contributed by atoms with Crippen LogP contribution in [0.25, 0.3) is 0 Å². The van der Waals surface area contributed by atoms with Gasteiger partial charge in [0, 0.05) is 31.4 Å². The minimum atomic E-state index is -4.59. The summed E-state index contributed by atoms with van der Waals surface area (Å²) in [6.45, 7) is 5.72. The molecule has 2 amide bonds. The number of alkyl halides is 3. The third-order valence-corrected chi connectivity index (χ3v) is 4.89. The Morgan fingerprint density at radius 3 is 2.84 bits per heavy atom. The Kier molecular flexibility index (Phi) is 7.25. The van der Waals surface area contributed by atoms with E-state index < -0.39 is 17.8 Å². The lowest BCUT2D eigenvalue weighted by molar-refractivity contribution is -0.137. The van der Waals surface area contributed by atoms with Gasteiger partial charge >= 0.3 is 12.2 Å². The summed E-state index contributed by atoms with van der Waals surface area (Å²) >= 11 is 0. The zero-order chi connectivity index (χ0) is 23.3. The Labute approximate surface area is 184 Å². The maximum absolute atomic E-state index is 13.5. The molecule has 0 unspecified atom stereocenters. The molecule has 3 rings (SSSR count). The number of halogens is 3. The van der Waals surface area contributed by atoms with Crippen LogP contribution in [0.5, 0.6) is 0 Å². The first-order valence-corrected chi connectivity index (χ1v) is 10.2. The van der Waals surface area contributed by atoms with Gasteiger partial charge in [-0.25, -0.2) is 9.78 Å². The summed E-state index contributed by atoms with van der Waals surface area (Å²) in [4.78, 5) is 20.1. The van der Waals surface area contributed by atoms with E-state index in [1.54, 1.807) is 22.0 Å². The minimum absolute atomic E-state index is 0.0318. The van der Waals surface area contributed by atoms with Crippen molar-refractivity contribution >= 4 is 17.7 Å². The van der Waals surface area contributed by atoms with E-state index in [2.05, 4.69) is 21.3 Å². The first-order chi connectivity index (χ1) is 15.2. The van der Waals surface area contributed by atoms with Gasteiger partial charge in [0.2, 0.25) is 0 Å². The highest BCUT2D eigenvalue weighted by atomic mass is 19.4. The number of ether oxygens (including phenoxy) is 1. The van der Waals surface area contributed by atoms with Gasteiger partial charge in [-0.2, -0.15) is 18.3 Å². The van der Waals surface area contributed by atoms with Gasteiger partial charge < -0.3 is 14.5 Å². The van der Waals surface area contributed by atoms with Gasteiger partial charge in [0.15, 0.2) is 0 Å². The van der Waals surface area contributed by atoms with Crippen LogP contribution >= 0.6 is 0 Å². The number of urea groups is 1. The van der Waals surface area contributed by atoms with E-state index in [4.69, 9.17) is 11.2 Å².